The highest BCUT2D eigenvalue weighted by Gasteiger charge is 2.29. The summed E-state index contributed by atoms with van der Waals surface area (Å²) in [6.07, 6.45) is 1.49. The van der Waals surface area contributed by atoms with E-state index in [1.54, 1.807) is 0 Å². The van der Waals surface area contributed by atoms with Gasteiger partial charge >= 0.3 is 0 Å². The fourth-order valence-electron chi connectivity index (χ4n) is 4.63. The molecule has 0 saturated carbocycles. The average molecular weight is 527 g/mol. The van der Waals surface area contributed by atoms with Crippen LogP contribution >= 0.6 is 0 Å². The molecule has 2 aromatic carbocycles. The Hall–Kier alpha value is -2.95. The summed E-state index contributed by atoms with van der Waals surface area (Å²) in [4.78, 5) is 9.07. The number of anilines is 1. The Kier molecular flexibility index (Phi) is 9.18. The zero-order valence-corrected chi connectivity index (χ0v) is 22.7. The Morgan fingerprint density at radius 1 is 1.14 bits per heavy atom. The van der Waals surface area contributed by atoms with Crippen molar-refractivity contribution in [2.24, 2.45) is 0 Å². The van der Waals surface area contributed by atoms with Crippen LogP contribution in [-0.2, 0) is 16.4 Å². The van der Waals surface area contributed by atoms with Gasteiger partial charge in [-0.3, -0.25) is 5.10 Å². The fourth-order valence-corrected chi connectivity index (χ4v) is 5.91. The van der Waals surface area contributed by atoms with Gasteiger partial charge in [0.15, 0.2) is 17.8 Å². The van der Waals surface area contributed by atoms with E-state index < -0.39 is 16.1 Å². The summed E-state index contributed by atoms with van der Waals surface area (Å²) in [5.41, 5.74) is 2.16. The van der Waals surface area contributed by atoms with E-state index in [1.165, 1.54) is 0 Å². The Balaban J connectivity index is 1.48. The van der Waals surface area contributed by atoms with Gasteiger partial charge in [-0.15, -0.1) is 0 Å². The first-order valence-electron chi connectivity index (χ1n) is 13.0. The number of likely N-dealkylation sites (N-methyl/N-ethyl adjacent to an activating group) is 1. The zero-order chi connectivity index (χ0) is 26.3. The van der Waals surface area contributed by atoms with E-state index in [1.807, 2.05) is 61.6 Å². The lowest BCUT2D eigenvalue weighted by atomic mass is 10.1. The van der Waals surface area contributed by atoms with E-state index >= 15 is 0 Å². The number of rotatable bonds is 13. The van der Waals surface area contributed by atoms with Gasteiger partial charge in [-0.2, -0.15) is 5.10 Å². The lowest BCUT2D eigenvalue weighted by Gasteiger charge is -2.32. The quantitative estimate of drug-likeness (QED) is 0.350. The first-order valence-corrected chi connectivity index (χ1v) is 14.7. The monoisotopic (exact) mass is 526 g/mol. The molecular weight excluding hydrogens is 488 g/mol. The van der Waals surface area contributed by atoms with Crippen molar-refractivity contribution in [2.75, 3.05) is 43.9 Å². The van der Waals surface area contributed by atoms with Gasteiger partial charge in [0.25, 0.3) is 0 Å². The molecule has 0 saturated heterocycles. The number of ether oxygens (including phenoxy) is 1. The molecule has 2 atom stereocenters. The summed E-state index contributed by atoms with van der Waals surface area (Å²) in [6.45, 7) is 7.35. The van der Waals surface area contributed by atoms with Crippen molar-refractivity contribution in [2.45, 2.75) is 45.3 Å². The van der Waals surface area contributed by atoms with Crippen LogP contribution < -0.4 is 14.4 Å². The summed E-state index contributed by atoms with van der Waals surface area (Å²) in [5.74, 6) is 1.87. The third-order valence-corrected chi connectivity index (χ3v) is 8.26. The predicted molar refractivity (Wildman–Crippen MR) is 146 cm³/mol. The van der Waals surface area contributed by atoms with Crippen molar-refractivity contribution in [3.8, 4) is 5.75 Å². The summed E-state index contributed by atoms with van der Waals surface area (Å²) in [6, 6.07) is 17.4. The molecule has 1 aliphatic rings. The number of hydrogen-bond donors (Lipinski definition) is 2. The van der Waals surface area contributed by atoms with Crippen molar-refractivity contribution < 1.29 is 13.2 Å². The van der Waals surface area contributed by atoms with Gasteiger partial charge in [-0.1, -0.05) is 56.3 Å². The highest BCUT2D eigenvalue weighted by Crippen LogP contribution is 2.36. The maximum Gasteiger partial charge on any atom is 0.212 e. The van der Waals surface area contributed by atoms with Crippen LogP contribution in [0, 0.1) is 0 Å². The first kappa shape index (κ1) is 27.1. The molecule has 0 radical (unpaired) electrons. The molecule has 0 amide bonds. The molecule has 1 aromatic heterocycles. The van der Waals surface area contributed by atoms with E-state index in [2.05, 4.69) is 38.6 Å². The van der Waals surface area contributed by atoms with Gasteiger partial charge in [-0.05, 0) is 56.6 Å². The van der Waals surface area contributed by atoms with Gasteiger partial charge in [0.1, 0.15) is 5.75 Å². The normalized spacial score (nSPS) is 16.4. The highest BCUT2D eigenvalue weighted by atomic mass is 32.2. The Morgan fingerprint density at radius 3 is 2.62 bits per heavy atom. The van der Waals surface area contributed by atoms with Crippen LogP contribution in [0.15, 0.2) is 54.6 Å². The smallest absolute Gasteiger partial charge is 0.212 e. The molecule has 1 aliphatic heterocycles. The molecule has 200 valence electrons. The second-order valence-electron chi connectivity index (χ2n) is 9.43. The lowest BCUT2D eigenvalue weighted by Crippen LogP contribution is -2.34. The molecular formula is C27H38N6O3S. The Bertz CT molecular complexity index is 1230. The SMILES string of the molecule is CCN(CC)CCCS(=O)(=O)N[C@H](CCc1ccccc1)c1n[nH]c(C2CN(C)c3ccccc3O2)n1. The van der Waals surface area contributed by atoms with Crippen molar-refractivity contribution in [1.82, 2.24) is 24.8 Å². The second-order valence-corrected chi connectivity index (χ2v) is 11.3. The van der Waals surface area contributed by atoms with Crippen molar-refractivity contribution in [3.05, 3.63) is 71.8 Å². The van der Waals surface area contributed by atoms with Crippen molar-refractivity contribution >= 4 is 15.7 Å². The third kappa shape index (κ3) is 7.30. The van der Waals surface area contributed by atoms with Crippen molar-refractivity contribution in [3.63, 3.8) is 0 Å². The van der Waals surface area contributed by atoms with Crippen LogP contribution in [-0.4, -0.2) is 67.5 Å². The summed E-state index contributed by atoms with van der Waals surface area (Å²) >= 11 is 0. The van der Waals surface area contributed by atoms with Crippen LogP contribution in [0.3, 0.4) is 0 Å². The van der Waals surface area contributed by atoms with E-state index in [0.717, 1.165) is 36.6 Å². The summed E-state index contributed by atoms with van der Waals surface area (Å²) in [7, 11) is -1.51. The minimum atomic E-state index is -3.52. The molecule has 0 aliphatic carbocycles. The number of nitrogens with one attached hydrogen (secondary N) is 2. The Morgan fingerprint density at radius 2 is 1.86 bits per heavy atom. The number of aryl methyl sites for hydroxylation is 1. The van der Waals surface area contributed by atoms with Crippen molar-refractivity contribution in [1.29, 1.82) is 0 Å². The summed E-state index contributed by atoms with van der Waals surface area (Å²) in [5, 5.41) is 7.44. The number of nitrogens with zero attached hydrogens (tertiary/aromatic N) is 4. The Labute approximate surface area is 220 Å². The minimum absolute atomic E-state index is 0.0654. The van der Waals surface area contributed by atoms with Gasteiger partial charge in [0.2, 0.25) is 10.0 Å². The minimum Gasteiger partial charge on any atom is -0.478 e. The van der Waals surface area contributed by atoms with E-state index in [4.69, 9.17) is 9.72 Å². The summed E-state index contributed by atoms with van der Waals surface area (Å²) < 4.78 is 35.2. The van der Waals surface area contributed by atoms with Gasteiger partial charge in [0.05, 0.1) is 24.0 Å². The third-order valence-electron chi connectivity index (χ3n) is 6.79. The molecule has 0 bridgehead atoms. The second kappa shape index (κ2) is 12.5. The molecule has 10 heteroatoms. The largest absolute Gasteiger partial charge is 0.478 e. The van der Waals surface area contributed by atoms with Crippen LogP contribution in [0.25, 0.3) is 0 Å². The fraction of sp³-hybridized carbons (Fsp3) is 0.481. The number of hydrogen-bond acceptors (Lipinski definition) is 7. The maximum atomic E-state index is 13.0. The van der Waals surface area contributed by atoms with Gasteiger partial charge in [0, 0.05) is 7.05 Å². The lowest BCUT2D eigenvalue weighted by molar-refractivity contribution is 0.190. The zero-order valence-electron chi connectivity index (χ0n) is 21.9. The number of aromatic nitrogens is 3. The maximum absolute atomic E-state index is 13.0. The average Bonchev–Trinajstić information content (AvgIpc) is 3.40. The van der Waals surface area contributed by atoms with E-state index in [-0.39, 0.29) is 11.9 Å². The molecule has 2 heterocycles. The molecule has 2 N–H and O–H groups in total. The van der Waals surface area contributed by atoms with Gasteiger partial charge in [-0.25, -0.2) is 18.1 Å². The van der Waals surface area contributed by atoms with Crippen LogP contribution in [0.4, 0.5) is 5.69 Å². The highest BCUT2D eigenvalue weighted by molar-refractivity contribution is 7.89. The number of fused-ring (bicyclic) bond motifs is 1. The van der Waals surface area contributed by atoms with Crippen LogP contribution in [0.5, 0.6) is 5.75 Å². The molecule has 3 aromatic rings. The van der Waals surface area contributed by atoms with Gasteiger partial charge < -0.3 is 14.5 Å². The van der Waals surface area contributed by atoms with E-state index in [0.29, 0.717) is 37.5 Å². The molecule has 37 heavy (non-hydrogen) atoms. The number of sulfonamides is 1. The topological polar surface area (TPSA) is 103 Å². The molecule has 9 nitrogen and oxygen atoms in total. The van der Waals surface area contributed by atoms with E-state index in [9.17, 15) is 8.42 Å². The number of para-hydroxylation sites is 2. The van der Waals surface area contributed by atoms with Crippen LogP contribution in [0.2, 0.25) is 0 Å². The molecule has 0 fully saturated rings. The van der Waals surface area contributed by atoms with Crippen LogP contribution in [0.1, 0.15) is 56.0 Å². The molecule has 1 unspecified atom stereocenters. The standard InChI is InChI=1S/C27H38N6O3S/c1-4-33(5-2)18-11-19-37(34,35)31-22(17-16-21-12-7-6-8-13-21)26-28-27(30-29-26)25-20-32(3)23-14-9-10-15-24(23)36-25/h6-10,12-15,22,25,31H,4-5,11,16-20H2,1-3H3,(H,28,29,30)/t22-,25?/m1/s1. The first-order chi connectivity index (χ1) is 17.9. The number of benzene rings is 2. The molecule has 4 rings (SSSR count). The number of H-pyrrole nitrogens is 1. The molecule has 0 spiro atoms. The number of aromatic amines is 1. The predicted octanol–water partition coefficient (Wildman–Crippen LogP) is 3.70.